The summed E-state index contributed by atoms with van der Waals surface area (Å²) in [6, 6.07) is 8.13. The van der Waals surface area contributed by atoms with Crippen LogP contribution in [0.1, 0.15) is 37.7 Å². The highest BCUT2D eigenvalue weighted by Gasteiger charge is 2.45. The minimum absolute atomic E-state index is 0.166. The molecule has 0 aromatic heterocycles. The van der Waals surface area contributed by atoms with Crippen molar-refractivity contribution >= 4 is 17.6 Å². The van der Waals surface area contributed by atoms with Crippen LogP contribution in [0.2, 0.25) is 0 Å². The van der Waals surface area contributed by atoms with E-state index in [1.54, 1.807) is 24.3 Å². The van der Waals surface area contributed by atoms with Crippen molar-refractivity contribution in [1.29, 1.82) is 5.26 Å². The minimum atomic E-state index is -0.354. The van der Waals surface area contributed by atoms with E-state index in [1.165, 1.54) is 4.90 Å². The number of amides is 3. The van der Waals surface area contributed by atoms with Crippen molar-refractivity contribution in [3.05, 3.63) is 29.8 Å². The average molecular weight is 269 g/mol. The number of nitrogens with zero attached hydrogens (tertiary/aromatic N) is 2. The third kappa shape index (κ3) is 2.03. The van der Waals surface area contributed by atoms with E-state index in [4.69, 9.17) is 5.26 Å². The topological polar surface area (TPSA) is 73.2 Å². The maximum absolute atomic E-state index is 12.3. The van der Waals surface area contributed by atoms with Gasteiger partial charge in [0.05, 0.1) is 29.3 Å². The van der Waals surface area contributed by atoms with Crippen LogP contribution in [0, 0.1) is 11.3 Å². The SMILES string of the molecule is N#Cc1ccc(N2C(=O)CC3(CCCC3)NC2=O)cc1. The molecule has 20 heavy (non-hydrogen) atoms. The van der Waals surface area contributed by atoms with E-state index in [9.17, 15) is 9.59 Å². The van der Waals surface area contributed by atoms with E-state index in [0.29, 0.717) is 17.7 Å². The number of anilines is 1. The normalized spacial score (nSPS) is 20.9. The van der Waals surface area contributed by atoms with E-state index in [-0.39, 0.29) is 17.5 Å². The van der Waals surface area contributed by atoms with Crippen LogP contribution < -0.4 is 10.2 Å². The summed E-state index contributed by atoms with van der Waals surface area (Å²) in [4.78, 5) is 25.7. The van der Waals surface area contributed by atoms with Gasteiger partial charge < -0.3 is 5.32 Å². The highest BCUT2D eigenvalue weighted by atomic mass is 16.2. The zero-order valence-electron chi connectivity index (χ0n) is 11.1. The molecule has 1 aromatic rings. The fourth-order valence-corrected chi connectivity index (χ4v) is 3.11. The lowest BCUT2D eigenvalue weighted by atomic mass is 9.90. The number of imide groups is 1. The van der Waals surface area contributed by atoms with E-state index in [1.807, 2.05) is 6.07 Å². The Kier molecular flexibility index (Phi) is 2.94. The molecule has 5 nitrogen and oxygen atoms in total. The minimum Gasteiger partial charge on any atom is -0.331 e. The van der Waals surface area contributed by atoms with Gasteiger partial charge >= 0.3 is 6.03 Å². The molecule has 3 rings (SSSR count). The zero-order chi connectivity index (χ0) is 14.2. The summed E-state index contributed by atoms with van der Waals surface area (Å²) < 4.78 is 0. The van der Waals surface area contributed by atoms with Crippen LogP contribution in [0.15, 0.2) is 24.3 Å². The summed E-state index contributed by atoms with van der Waals surface area (Å²) in [7, 11) is 0. The van der Waals surface area contributed by atoms with E-state index in [2.05, 4.69) is 5.32 Å². The fourth-order valence-electron chi connectivity index (χ4n) is 3.11. The summed E-state index contributed by atoms with van der Waals surface area (Å²) in [6.07, 6.45) is 4.24. The monoisotopic (exact) mass is 269 g/mol. The summed E-state index contributed by atoms with van der Waals surface area (Å²) in [5.74, 6) is -0.166. The molecule has 2 fully saturated rings. The van der Waals surface area contributed by atoms with E-state index >= 15 is 0 Å². The molecule has 1 saturated carbocycles. The molecule has 1 saturated heterocycles. The van der Waals surface area contributed by atoms with Crippen LogP contribution in [0.3, 0.4) is 0 Å². The average Bonchev–Trinajstić information content (AvgIpc) is 2.86. The fraction of sp³-hybridized carbons (Fsp3) is 0.400. The summed E-state index contributed by atoms with van der Waals surface area (Å²) in [6.45, 7) is 0. The second-order valence-corrected chi connectivity index (χ2v) is 5.48. The van der Waals surface area contributed by atoms with Gasteiger partial charge in [-0.15, -0.1) is 0 Å². The summed E-state index contributed by atoms with van der Waals surface area (Å²) in [5, 5.41) is 11.8. The number of hydrogen-bond acceptors (Lipinski definition) is 3. The quantitative estimate of drug-likeness (QED) is 0.850. The highest BCUT2D eigenvalue weighted by molar-refractivity contribution is 6.16. The van der Waals surface area contributed by atoms with Crippen LogP contribution in [0.5, 0.6) is 0 Å². The number of carbonyl (C=O) groups is 2. The first kappa shape index (κ1) is 12.7. The standard InChI is InChI=1S/C15H15N3O2/c16-10-11-3-5-12(6-4-11)18-13(19)9-15(17-14(18)20)7-1-2-8-15/h3-6H,1-2,7-9H2,(H,17,20). The molecule has 1 N–H and O–H groups in total. The second kappa shape index (κ2) is 4.64. The van der Waals surface area contributed by atoms with Crippen LogP contribution >= 0.6 is 0 Å². The summed E-state index contributed by atoms with van der Waals surface area (Å²) >= 11 is 0. The number of rotatable bonds is 1. The molecule has 1 aromatic carbocycles. The maximum Gasteiger partial charge on any atom is 0.329 e. The first-order valence-electron chi connectivity index (χ1n) is 6.79. The Balaban J connectivity index is 1.85. The first-order chi connectivity index (χ1) is 9.63. The van der Waals surface area contributed by atoms with Crippen LogP contribution in [0.4, 0.5) is 10.5 Å². The van der Waals surface area contributed by atoms with Crippen LogP contribution in [-0.2, 0) is 4.79 Å². The molecule has 2 aliphatic rings. The lowest BCUT2D eigenvalue weighted by Crippen LogP contribution is -2.61. The predicted molar refractivity (Wildman–Crippen MR) is 73.0 cm³/mol. The van der Waals surface area contributed by atoms with Crippen molar-refractivity contribution in [3.63, 3.8) is 0 Å². The number of nitrogens with one attached hydrogen (secondary N) is 1. The highest BCUT2D eigenvalue weighted by Crippen LogP contribution is 2.36. The number of carbonyl (C=O) groups excluding carboxylic acids is 2. The second-order valence-electron chi connectivity index (χ2n) is 5.48. The number of hydrogen-bond donors (Lipinski definition) is 1. The van der Waals surface area contributed by atoms with E-state index < -0.39 is 0 Å². The molecule has 102 valence electrons. The van der Waals surface area contributed by atoms with Crippen molar-refractivity contribution < 1.29 is 9.59 Å². The molecule has 5 heteroatoms. The van der Waals surface area contributed by atoms with Gasteiger partial charge in [-0.3, -0.25) is 4.79 Å². The number of benzene rings is 1. The van der Waals surface area contributed by atoms with E-state index in [0.717, 1.165) is 25.7 Å². The Hall–Kier alpha value is -2.35. The van der Waals surface area contributed by atoms with Gasteiger partial charge in [-0.1, -0.05) is 12.8 Å². The number of nitriles is 1. The third-order valence-electron chi connectivity index (χ3n) is 4.13. The van der Waals surface area contributed by atoms with Crippen molar-refractivity contribution in [2.75, 3.05) is 4.90 Å². The predicted octanol–water partition coefficient (Wildman–Crippen LogP) is 2.32. The van der Waals surface area contributed by atoms with Crippen LogP contribution in [-0.4, -0.2) is 17.5 Å². The van der Waals surface area contributed by atoms with Crippen molar-refractivity contribution in [2.45, 2.75) is 37.6 Å². The van der Waals surface area contributed by atoms with Crippen molar-refractivity contribution in [3.8, 4) is 6.07 Å². The maximum atomic E-state index is 12.3. The van der Waals surface area contributed by atoms with Gasteiger partial charge in [-0.25, -0.2) is 9.69 Å². The molecular formula is C15H15N3O2. The lowest BCUT2D eigenvalue weighted by Gasteiger charge is -2.38. The third-order valence-corrected chi connectivity index (χ3v) is 4.13. The zero-order valence-corrected chi connectivity index (χ0v) is 11.1. The molecule has 0 unspecified atom stereocenters. The van der Waals surface area contributed by atoms with Gasteiger partial charge in [0.1, 0.15) is 0 Å². The molecule has 1 aliphatic carbocycles. The van der Waals surface area contributed by atoms with Crippen molar-refractivity contribution in [2.24, 2.45) is 0 Å². The Morgan fingerprint density at radius 1 is 1.15 bits per heavy atom. The first-order valence-corrected chi connectivity index (χ1v) is 6.79. The van der Waals surface area contributed by atoms with Crippen LogP contribution in [0.25, 0.3) is 0 Å². The molecule has 0 atom stereocenters. The summed E-state index contributed by atoms with van der Waals surface area (Å²) in [5.41, 5.74) is 0.697. The van der Waals surface area contributed by atoms with Gasteiger partial charge in [0, 0.05) is 0 Å². The van der Waals surface area contributed by atoms with Gasteiger partial charge in [-0.2, -0.15) is 5.26 Å². The lowest BCUT2D eigenvalue weighted by molar-refractivity contribution is -0.120. The molecule has 1 heterocycles. The molecule has 3 amide bonds. The molecule has 1 aliphatic heterocycles. The van der Waals surface area contributed by atoms with Gasteiger partial charge in [0.2, 0.25) is 5.91 Å². The Morgan fingerprint density at radius 3 is 2.35 bits per heavy atom. The van der Waals surface area contributed by atoms with Gasteiger partial charge in [0.15, 0.2) is 0 Å². The smallest absolute Gasteiger partial charge is 0.329 e. The Labute approximate surface area is 117 Å². The largest absolute Gasteiger partial charge is 0.331 e. The molecule has 0 radical (unpaired) electrons. The van der Waals surface area contributed by atoms with Crippen molar-refractivity contribution in [1.82, 2.24) is 5.32 Å². The number of urea groups is 1. The Morgan fingerprint density at radius 2 is 1.80 bits per heavy atom. The van der Waals surface area contributed by atoms with Gasteiger partial charge in [-0.05, 0) is 37.1 Å². The Bertz CT molecular complexity index is 575. The molecule has 1 spiro atoms. The van der Waals surface area contributed by atoms with Gasteiger partial charge in [0.25, 0.3) is 0 Å². The molecule has 0 bridgehead atoms. The molecular weight excluding hydrogens is 254 g/mol.